The molecule has 0 N–H and O–H groups in total. The predicted molar refractivity (Wildman–Crippen MR) is 247 cm³/mol. The SMILES string of the molecule is CC(C)c1ccc(N2c3ccc(N(c4ccccc4)c4ccccc4)cc3B3c4cccc5c4N(c4ccccc4C54C5CC6CC(C5)CC4C6)c4cccc2c43)cc1. The van der Waals surface area contributed by atoms with E-state index in [4.69, 9.17) is 0 Å². The lowest BCUT2D eigenvalue weighted by atomic mass is 9.32. The van der Waals surface area contributed by atoms with Crippen LogP contribution in [0.4, 0.5) is 51.2 Å². The Bertz CT molecular complexity index is 2730. The zero-order valence-electron chi connectivity index (χ0n) is 33.9. The van der Waals surface area contributed by atoms with E-state index < -0.39 is 0 Å². The number of benzene rings is 7. The van der Waals surface area contributed by atoms with Crippen LogP contribution in [0.5, 0.6) is 0 Å². The van der Waals surface area contributed by atoms with Crippen LogP contribution >= 0.6 is 0 Å². The van der Waals surface area contributed by atoms with Crippen LogP contribution in [0, 0.1) is 23.7 Å². The Kier molecular flexibility index (Phi) is 7.19. The van der Waals surface area contributed by atoms with Crippen LogP contribution in [0.2, 0.25) is 0 Å². The topological polar surface area (TPSA) is 9.72 Å². The fourth-order valence-electron chi connectivity index (χ4n) is 13.6. The normalized spacial score (nSPS) is 23.5. The van der Waals surface area contributed by atoms with Gasteiger partial charge in [0.1, 0.15) is 0 Å². The molecular formula is C55H48BN3. The first kappa shape index (κ1) is 33.9. The van der Waals surface area contributed by atoms with Gasteiger partial charge in [-0.3, -0.25) is 0 Å². The van der Waals surface area contributed by atoms with Gasteiger partial charge in [0.05, 0.1) is 5.69 Å². The molecule has 0 amide bonds. The molecule has 0 saturated heterocycles. The molecule has 4 bridgehead atoms. The third kappa shape index (κ3) is 4.61. The molecule has 14 rings (SSSR count). The lowest BCUT2D eigenvalue weighted by Gasteiger charge is -2.64. The third-order valence-electron chi connectivity index (χ3n) is 15.6. The van der Waals surface area contributed by atoms with Crippen molar-refractivity contribution in [1.82, 2.24) is 0 Å². The molecule has 0 atom stereocenters. The molecule has 4 saturated carbocycles. The molecule has 7 aromatic carbocycles. The van der Waals surface area contributed by atoms with Crippen molar-refractivity contribution in [1.29, 1.82) is 0 Å². The van der Waals surface area contributed by atoms with E-state index in [9.17, 15) is 0 Å². The summed E-state index contributed by atoms with van der Waals surface area (Å²) >= 11 is 0. The van der Waals surface area contributed by atoms with E-state index in [2.05, 4.69) is 192 Å². The summed E-state index contributed by atoms with van der Waals surface area (Å²) in [5.41, 5.74) is 20.2. The van der Waals surface area contributed by atoms with E-state index in [0.717, 1.165) is 23.2 Å². The highest BCUT2D eigenvalue weighted by molar-refractivity contribution is 7.00. The molecule has 4 fully saturated rings. The second-order valence-electron chi connectivity index (χ2n) is 18.7. The van der Waals surface area contributed by atoms with Gasteiger partial charge in [0.2, 0.25) is 0 Å². The number of fused-ring (bicyclic) bond motifs is 6. The summed E-state index contributed by atoms with van der Waals surface area (Å²) in [4.78, 5) is 7.69. The Morgan fingerprint density at radius 3 is 1.78 bits per heavy atom. The summed E-state index contributed by atoms with van der Waals surface area (Å²) < 4.78 is 0. The van der Waals surface area contributed by atoms with Gasteiger partial charge in [-0.1, -0.05) is 105 Å². The van der Waals surface area contributed by atoms with Crippen LogP contribution in [-0.2, 0) is 5.41 Å². The Labute approximate surface area is 349 Å². The first-order chi connectivity index (χ1) is 29.1. The van der Waals surface area contributed by atoms with Crippen molar-refractivity contribution < 1.29 is 0 Å². The molecule has 0 radical (unpaired) electrons. The minimum Gasteiger partial charge on any atom is -0.311 e. The van der Waals surface area contributed by atoms with Gasteiger partial charge in [-0.25, -0.2) is 0 Å². The number of rotatable bonds is 5. The van der Waals surface area contributed by atoms with Gasteiger partial charge >= 0.3 is 0 Å². The van der Waals surface area contributed by atoms with Crippen LogP contribution in [-0.4, -0.2) is 6.71 Å². The van der Waals surface area contributed by atoms with E-state index in [0.29, 0.717) is 17.8 Å². The van der Waals surface area contributed by atoms with Gasteiger partial charge < -0.3 is 14.7 Å². The maximum atomic E-state index is 2.71. The smallest absolute Gasteiger partial charge is 0.252 e. The molecule has 3 heterocycles. The van der Waals surface area contributed by atoms with Crippen molar-refractivity contribution in [2.45, 2.75) is 57.3 Å². The fourth-order valence-corrected chi connectivity index (χ4v) is 13.6. The zero-order chi connectivity index (χ0) is 39.0. The average molecular weight is 762 g/mol. The Hall–Kier alpha value is -6.00. The van der Waals surface area contributed by atoms with Crippen LogP contribution < -0.4 is 31.1 Å². The number of para-hydroxylation sites is 4. The first-order valence-corrected chi connectivity index (χ1v) is 22.2. The molecule has 286 valence electrons. The van der Waals surface area contributed by atoms with E-state index in [1.165, 1.54) is 93.9 Å². The summed E-state index contributed by atoms with van der Waals surface area (Å²) in [6.07, 6.45) is 6.96. The van der Waals surface area contributed by atoms with Crippen molar-refractivity contribution in [3.63, 3.8) is 0 Å². The maximum absolute atomic E-state index is 2.71. The second kappa shape index (κ2) is 12.5. The van der Waals surface area contributed by atoms with Gasteiger partial charge in [-0.15, -0.1) is 0 Å². The van der Waals surface area contributed by atoms with E-state index in [-0.39, 0.29) is 12.1 Å². The summed E-state index contributed by atoms with van der Waals surface area (Å²) in [5, 5.41) is 0. The highest BCUT2D eigenvalue weighted by Gasteiger charge is 2.62. The van der Waals surface area contributed by atoms with Gasteiger partial charge in [0.25, 0.3) is 6.71 Å². The van der Waals surface area contributed by atoms with E-state index >= 15 is 0 Å². The van der Waals surface area contributed by atoms with Crippen LogP contribution in [0.1, 0.15) is 68.6 Å². The first-order valence-electron chi connectivity index (χ1n) is 22.2. The number of nitrogens with zero attached hydrogens (tertiary/aromatic N) is 3. The predicted octanol–water partition coefficient (Wildman–Crippen LogP) is 12.4. The Balaban J connectivity index is 1.09. The molecule has 0 unspecified atom stereocenters. The van der Waals surface area contributed by atoms with Crippen molar-refractivity contribution in [3.05, 3.63) is 180 Å². The maximum Gasteiger partial charge on any atom is 0.252 e. The standard InChI is InChI=1S/C55H48BN3/c1-35(2)38-23-25-43(26-24-38)58-50-28-27-44(57(41-13-5-3-6-14-41)42-15-7-4-8-16-42)34-48(50)56-47-19-11-18-46-54(47)59(52-22-12-21-51(58)53(52)56)49-20-10-9-17-45(49)55(46)39-30-36-29-37(32-39)33-40(55)31-36/h3-28,34-37,39-40H,29-33H2,1-2H3. The summed E-state index contributed by atoms with van der Waals surface area (Å²) in [6, 6.07) is 62.6. The van der Waals surface area contributed by atoms with Gasteiger partial charge in [0, 0.05) is 50.9 Å². The van der Waals surface area contributed by atoms with Gasteiger partial charge in [0.15, 0.2) is 0 Å². The fraction of sp³-hybridized carbons (Fsp3) is 0.236. The second-order valence-corrected chi connectivity index (χ2v) is 18.7. The number of hydrogen-bond donors (Lipinski definition) is 0. The van der Waals surface area contributed by atoms with Crippen molar-refractivity contribution >= 4 is 74.3 Å². The van der Waals surface area contributed by atoms with Crippen molar-refractivity contribution in [2.75, 3.05) is 14.7 Å². The minimum atomic E-state index is 0.0575. The quantitative estimate of drug-likeness (QED) is 0.162. The van der Waals surface area contributed by atoms with E-state index in [1.807, 2.05) is 0 Å². The molecule has 4 heteroatoms. The molecule has 59 heavy (non-hydrogen) atoms. The largest absolute Gasteiger partial charge is 0.311 e. The number of anilines is 9. The third-order valence-corrected chi connectivity index (χ3v) is 15.6. The zero-order valence-corrected chi connectivity index (χ0v) is 33.9. The van der Waals surface area contributed by atoms with Crippen molar-refractivity contribution in [3.8, 4) is 0 Å². The van der Waals surface area contributed by atoms with Gasteiger partial charge in [-0.2, -0.15) is 0 Å². The van der Waals surface area contributed by atoms with Crippen molar-refractivity contribution in [2.24, 2.45) is 23.7 Å². The Morgan fingerprint density at radius 2 is 1.10 bits per heavy atom. The van der Waals surface area contributed by atoms with Crippen LogP contribution in [0.3, 0.4) is 0 Å². The molecule has 3 aliphatic heterocycles. The molecule has 4 aliphatic carbocycles. The average Bonchev–Trinajstić information content (AvgIpc) is 3.27. The molecule has 7 aromatic rings. The molecule has 0 aromatic heterocycles. The summed E-state index contributed by atoms with van der Waals surface area (Å²) in [7, 11) is 0. The van der Waals surface area contributed by atoms with Gasteiger partial charge in [-0.05, 0) is 168 Å². The highest BCUT2D eigenvalue weighted by Crippen LogP contribution is 2.69. The van der Waals surface area contributed by atoms with E-state index in [1.54, 1.807) is 11.1 Å². The highest BCUT2D eigenvalue weighted by atomic mass is 15.2. The Morgan fingerprint density at radius 1 is 0.508 bits per heavy atom. The molecule has 7 aliphatic rings. The molecule has 3 nitrogen and oxygen atoms in total. The number of hydrogen-bond acceptors (Lipinski definition) is 3. The lowest BCUT2D eigenvalue weighted by Crippen LogP contribution is -2.64. The summed E-state index contributed by atoms with van der Waals surface area (Å²) in [6.45, 7) is 4.64. The molecular weight excluding hydrogens is 713 g/mol. The van der Waals surface area contributed by atoms with Crippen LogP contribution in [0.25, 0.3) is 0 Å². The molecule has 1 spiro atoms. The lowest BCUT2D eigenvalue weighted by molar-refractivity contribution is -0.0419. The van der Waals surface area contributed by atoms with Crippen LogP contribution in [0.15, 0.2) is 164 Å². The minimum absolute atomic E-state index is 0.0575. The summed E-state index contributed by atoms with van der Waals surface area (Å²) in [5.74, 6) is 3.66. The monoisotopic (exact) mass is 761 g/mol.